The molecule has 2 nitrogen and oxygen atoms in total. The predicted octanol–water partition coefficient (Wildman–Crippen LogP) is 7.23. The van der Waals surface area contributed by atoms with E-state index in [0.29, 0.717) is 16.3 Å². The van der Waals surface area contributed by atoms with E-state index in [2.05, 4.69) is 35.5 Å². The van der Waals surface area contributed by atoms with Gasteiger partial charge in [-0.3, -0.25) is 0 Å². The molecule has 0 bridgehead atoms. The summed E-state index contributed by atoms with van der Waals surface area (Å²) in [7, 11) is 0. The first-order valence-electron chi connectivity index (χ1n) is 7.99. The molecule has 0 saturated heterocycles. The van der Waals surface area contributed by atoms with E-state index in [9.17, 15) is 4.91 Å². The molecule has 4 rings (SSSR count). The number of hydrogen-bond acceptors (Lipinski definition) is 2. The molecule has 0 unspecified atom stereocenters. The van der Waals surface area contributed by atoms with E-state index in [0.717, 1.165) is 22.1 Å². The van der Waals surface area contributed by atoms with E-state index in [4.69, 9.17) is 11.6 Å². The van der Waals surface area contributed by atoms with Gasteiger partial charge in [0.25, 0.3) is 0 Å². The van der Waals surface area contributed by atoms with Crippen LogP contribution in [-0.2, 0) is 0 Å². The number of hydrogen-bond donors (Lipinski definition) is 0. The topological polar surface area (TPSA) is 29.4 Å². The third-order valence-electron chi connectivity index (χ3n) is 4.37. The summed E-state index contributed by atoms with van der Waals surface area (Å²) < 4.78 is 0. The number of nitroso groups, excluding NO2 is 1. The van der Waals surface area contributed by atoms with Gasteiger partial charge in [0.2, 0.25) is 0 Å². The minimum atomic E-state index is 0.347. The fraction of sp³-hybridized carbons (Fsp3) is 0. The first kappa shape index (κ1) is 15.6. The normalized spacial score (nSPS) is 10.8. The summed E-state index contributed by atoms with van der Waals surface area (Å²) in [5.74, 6) is 0. The zero-order chi connectivity index (χ0) is 17.2. The molecule has 120 valence electrons. The van der Waals surface area contributed by atoms with Crippen molar-refractivity contribution in [3.8, 4) is 22.3 Å². The molecule has 0 aliphatic rings. The Hall–Kier alpha value is -2.97. The summed E-state index contributed by atoms with van der Waals surface area (Å²) in [6.45, 7) is 0. The molecule has 0 atom stereocenters. The van der Waals surface area contributed by atoms with Crippen LogP contribution in [0.15, 0.2) is 90.1 Å². The van der Waals surface area contributed by atoms with Crippen LogP contribution in [0.2, 0.25) is 5.02 Å². The first-order valence-corrected chi connectivity index (χ1v) is 8.37. The number of nitrogens with zero attached hydrogens (tertiary/aromatic N) is 1. The van der Waals surface area contributed by atoms with Crippen molar-refractivity contribution in [2.45, 2.75) is 0 Å². The molecule has 0 aromatic heterocycles. The largest absolute Gasteiger partial charge is 0.145 e. The highest BCUT2D eigenvalue weighted by Gasteiger charge is 2.15. The van der Waals surface area contributed by atoms with E-state index < -0.39 is 0 Å². The Labute approximate surface area is 150 Å². The van der Waals surface area contributed by atoms with Crippen LogP contribution in [-0.4, -0.2) is 0 Å². The van der Waals surface area contributed by atoms with Crippen molar-refractivity contribution in [2.24, 2.45) is 5.18 Å². The van der Waals surface area contributed by atoms with Gasteiger partial charge in [-0.15, -0.1) is 4.91 Å². The van der Waals surface area contributed by atoms with Gasteiger partial charge in [-0.25, -0.2) is 0 Å². The highest BCUT2D eigenvalue weighted by atomic mass is 35.5. The van der Waals surface area contributed by atoms with Gasteiger partial charge in [0.15, 0.2) is 0 Å². The molecule has 0 heterocycles. The molecule has 0 N–H and O–H groups in total. The summed E-state index contributed by atoms with van der Waals surface area (Å²) >= 11 is 6.42. The molecule has 0 fully saturated rings. The maximum atomic E-state index is 11.3. The Morgan fingerprint density at radius 2 is 1.28 bits per heavy atom. The standard InChI is InChI=1S/C22H14ClNO/c23-20-13-6-14-21(24-25)22(20)19-11-4-3-10-18(19)17-12-5-8-15-7-1-2-9-16(15)17/h1-14H. The molecule has 25 heavy (non-hydrogen) atoms. The van der Waals surface area contributed by atoms with E-state index in [1.165, 1.54) is 5.39 Å². The van der Waals surface area contributed by atoms with Gasteiger partial charge in [-0.2, -0.15) is 0 Å². The Morgan fingerprint density at radius 1 is 0.640 bits per heavy atom. The molecule has 0 amide bonds. The molecular weight excluding hydrogens is 330 g/mol. The summed E-state index contributed by atoms with van der Waals surface area (Å²) in [5, 5.41) is 6.02. The van der Waals surface area contributed by atoms with Crippen LogP contribution in [0.25, 0.3) is 33.0 Å². The van der Waals surface area contributed by atoms with Crippen LogP contribution < -0.4 is 0 Å². The molecule has 0 saturated carbocycles. The Morgan fingerprint density at radius 3 is 2.12 bits per heavy atom. The number of halogens is 1. The van der Waals surface area contributed by atoms with Crippen LogP contribution >= 0.6 is 11.6 Å². The second-order valence-corrected chi connectivity index (χ2v) is 6.20. The lowest BCUT2D eigenvalue weighted by Gasteiger charge is -2.14. The second kappa shape index (κ2) is 6.50. The van der Waals surface area contributed by atoms with E-state index in [1.807, 2.05) is 36.4 Å². The third kappa shape index (κ3) is 2.71. The van der Waals surface area contributed by atoms with Crippen molar-refractivity contribution in [3.05, 3.63) is 94.9 Å². The van der Waals surface area contributed by atoms with Gasteiger partial charge < -0.3 is 0 Å². The fourth-order valence-electron chi connectivity index (χ4n) is 3.25. The lowest BCUT2D eigenvalue weighted by Crippen LogP contribution is -1.88. The van der Waals surface area contributed by atoms with E-state index >= 15 is 0 Å². The molecule has 4 aromatic rings. The van der Waals surface area contributed by atoms with Crippen LogP contribution in [0.4, 0.5) is 5.69 Å². The molecule has 0 aliphatic carbocycles. The van der Waals surface area contributed by atoms with Crippen molar-refractivity contribution >= 4 is 28.1 Å². The van der Waals surface area contributed by atoms with Crippen molar-refractivity contribution < 1.29 is 0 Å². The third-order valence-corrected chi connectivity index (χ3v) is 4.68. The first-order chi connectivity index (χ1) is 12.3. The quantitative estimate of drug-likeness (QED) is 0.361. The molecule has 4 aromatic carbocycles. The Kier molecular flexibility index (Phi) is 4.04. The van der Waals surface area contributed by atoms with Gasteiger partial charge >= 0.3 is 0 Å². The Balaban J connectivity index is 2.05. The zero-order valence-corrected chi connectivity index (χ0v) is 14.1. The average Bonchev–Trinajstić information content (AvgIpc) is 2.67. The van der Waals surface area contributed by atoms with Gasteiger partial charge in [0.1, 0.15) is 5.69 Å². The van der Waals surface area contributed by atoms with Gasteiger partial charge in [-0.1, -0.05) is 84.4 Å². The highest BCUT2D eigenvalue weighted by molar-refractivity contribution is 6.34. The van der Waals surface area contributed by atoms with Crippen LogP contribution in [0, 0.1) is 4.91 Å². The van der Waals surface area contributed by atoms with Crippen molar-refractivity contribution in [1.82, 2.24) is 0 Å². The van der Waals surface area contributed by atoms with E-state index in [1.54, 1.807) is 18.2 Å². The number of rotatable bonds is 3. The molecule has 0 spiro atoms. The molecule has 0 aliphatic heterocycles. The van der Waals surface area contributed by atoms with Gasteiger partial charge in [-0.05, 0) is 44.8 Å². The smallest absolute Gasteiger partial charge is 0.117 e. The van der Waals surface area contributed by atoms with Crippen LogP contribution in [0.1, 0.15) is 0 Å². The average molecular weight is 344 g/mol. The summed E-state index contributed by atoms with van der Waals surface area (Å²) in [4.78, 5) is 11.3. The molecule has 0 radical (unpaired) electrons. The van der Waals surface area contributed by atoms with Crippen molar-refractivity contribution in [2.75, 3.05) is 0 Å². The molecular formula is C22H14ClNO. The predicted molar refractivity (Wildman–Crippen MR) is 105 cm³/mol. The van der Waals surface area contributed by atoms with Gasteiger partial charge in [0, 0.05) is 5.56 Å². The summed E-state index contributed by atoms with van der Waals surface area (Å²) in [5.41, 5.74) is 4.05. The maximum Gasteiger partial charge on any atom is 0.117 e. The maximum absolute atomic E-state index is 11.3. The van der Waals surface area contributed by atoms with Gasteiger partial charge in [0.05, 0.1) is 5.02 Å². The Bertz CT molecular complexity index is 1080. The minimum absolute atomic E-state index is 0.347. The lowest BCUT2D eigenvalue weighted by molar-refractivity contribution is 1.48. The summed E-state index contributed by atoms with van der Waals surface area (Å²) in [6.07, 6.45) is 0. The SMILES string of the molecule is O=Nc1cccc(Cl)c1-c1ccccc1-c1cccc2ccccc12. The van der Waals surface area contributed by atoms with Crippen LogP contribution in [0.5, 0.6) is 0 Å². The zero-order valence-electron chi connectivity index (χ0n) is 13.3. The highest BCUT2D eigenvalue weighted by Crippen LogP contribution is 2.42. The number of benzene rings is 4. The lowest BCUT2D eigenvalue weighted by atomic mass is 9.91. The second-order valence-electron chi connectivity index (χ2n) is 5.80. The van der Waals surface area contributed by atoms with Crippen molar-refractivity contribution in [1.29, 1.82) is 0 Å². The molecule has 3 heteroatoms. The summed E-state index contributed by atoms with van der Waals surface area (Å²) in [6, 6.07) is 27.7. The fourth-order valence-corrected chi connectivity index (χ4v) is 3.52. The van der Waals surface area contributed by atoms with E-state index in [-0.39, 0.29) is 0 Å². The minimum Gasteiger partial charge on any atom is -0.145 e. The van der Waals surface area contributed by atoms with Crippen LogP contribution in [0.3, 0.4) is 0 Å². The number of fused-ring (bicyclic) bond motifs is 1. The van der Waals surface area contributed by atoms with Crippen molar-refractivity contribution in [3.63, 3.8) is 0 Å². The monoisotopic (exact) mass is 343 g/mol.